The molecule has 1 aliphatic carbocycles. The van der Waals surface area contributed by atoms with E-state index in [9.17, 15) is 5.26 Å². The first-order valence-corrected chi connectivity index (χ1v) is 7.50. The average Bonchev–Trinajstić information content (AvgIpc) is 2.88. The molecule has 0 heterocycles. The van der Waals surface area contributed by atoms with E-state index in [0.29, 0.717) is 6.42 Å². The molecule has 1 aliphatic rings. The molecule has 0 fully saturated rings. The lowest BCUT2D eigenvalue weighted by atomic mass is 9.70. The molecule has 0 unspecified atom stereocenters. The number of hydrogen-bond acceptors (Lipinski definition) is 1. The Morgan fingerprint density at radius 2 is 1.18 bits per heavy atom. The van der Waals surface area contributed by atoms with Crippen molar-refractivity contribution in [2.45, 2.75) is 11.8 Å². The van der Waals surface area contributed by atoms with Crippen LogP contribution in [0.3, 0.4) is 0 Å². The summed E-state index contributed by atoms with van der Waals surface area (Å²) in [6, 6.07) is 29.8. The van der Waals surface area contributed by atoms with Crippen LogP contribution < -0.4 is 0 Å². The Morgan fingerprint density at radius 3 is 1.73 bits per heavy atom. The third-order valence-corrected chi connectivity index (χ3v) is 4.67. The van der Waals surface area contributed by atoms with Crippen LogP contribution in [0.1, 0.15) is 23.1 Å². The van der Waals surface area contributed by atoms with Crippen LogP contribution in [0.5, 0.6) is 0 Å². The van der Waals surface area contributed by atoms with Gasteiger partial charge in [0.05, 0.1) is 17.9 Å². The number of nitriles is 1. The molecule has 104 valence electrons. The second kappa shape index (κ2) is 4.86. The van der Waals surface area contributed by atoms with Gasteiger partial charge in [-0.15, -0.1) is 0 Å². The molecular formula is C21H15N. The van der Waals surface area contributed by atoms with Crippen LogP contribution in [0.15, 0.2) is 78.9 Å². The molecular weight excluding hydrogens is 266 g/mol. The maximum absolute atomic E-state index is 9.55. The third kappa shape index (κ3) is 1.58. The fourth-order valence-corrected chi connectivity index (χ4v) is 3.77. The van der Waals surface area contributed by atoms with E-state index in [1.165, 1.54) is 27.8 Å². The molecule has 0 saturated carbocycles. The molecule has 1 nitrogen and oxygen atoms in total. The summed E-state index contributed by atoms with van der Waals surface area (Å²) in [7, 11) is 0. The number of nitrogens with zero attached hydrogens (tertiary/aromatic N) is 1. The first-order chi connectivity index (χ1) is 10.9. The van der Waals surface area contributed by atoms with E-state index in [1.54, 1.807) is 0 Å². The molecule has 0 spiro atoms. The predicted molar refractivity (Wildman–Crippen MR) is 88.4 cm³/mol. The van der Waals surface area contributed by atoms with Crippen LogP contribution in [0.25, 0.3) is 11.1 Å². The summed E-state index contributed by atoms with van der Waals surface area (Å²) in [5, 5.41) is 9.55. The smallest absolute Gasteiger partial charge is 0.0638 e. The summed E-state index contributed by atoms with van der Waals surface area (Å²) in [5.74, 6) is 0. The lowest BCUT2D eigenvalue weighted by molar-refractivity contribution is 0.652. The quantitative estimate of drug-likeness (QED) is 0.654. The summed E-state index contributed by atoms with van der Waals surface area (Å²) in [6.07, 6.45) is 0.449. The molecule has 0 aromatic heterocycles. The van der Waals surface area contributed by atoms with Gasteiger partial charge in [-0.2, -0.15) is 5.26 Å². The maximum Gasteiger partial charge on any atom is 0.0638 e. The molecule has 1 heteroatoms. The summed E-state index contributed by atoms with van der Waals surface area (Å²) in [5.41, 5.74) is 5.81. The molecule has 0 bridgehead atoms. The number of hydrogen-bond donors (Lipinski definition) is 0. The summed E-state index contributed by atoms with van der Waals surface area (Å²) in [6.45, 7) is 0. The zero-order chi connectivity index (χ0) is 15.0. The highest BCUT2D eigenvalue weighted by Gasteiger charge is 2.44. The second-order valence-corrected chi connectivity index (χ2v) is 5.70. The highest BCUT2D eigenvalue weighted by atomic mass is 14.5. The predicted octanol–water partition coefficient (Wildman–Crippen LogP) is 4.92. The Labute approximate surface area is 130 Å². The third-order valence-electron chi connectivity index (χ3n) is 4.67. The van der Waals surface area contributed by atoms with Gasteiger partial charge in [-0.25, -0.2) is 0 Å². The normalized spacial score (nSPS) is 14.0. The highest BCUT2D eigenvalue weighted by molar-refractivity contribution is 5.83. The van der Waals surface area contributed by atoms with E-state index >= 15 is 0 Å². The molecule has 0 atom stereocenters. The summed E-state index contributed by atoms with van der Waals surface area (Å²) >= 11 is 0. The lowest BCUT2D eigenvalue weighted by Crippen LogP contribution is -2.26. The largest absolute Gasteiger partial charge is 0.198 e. The zero-order valence-electron chi connectivity index (χ0n) is 12.2. The average molecular weight is 281 g/mol. The van der Waals surface area contributed by atoms with Crippen molar-refractivity contribution in [1.29, 1.82) is 5.26 Å². The number of benzene rings is 3. The summed E-state index contributed by atoms with van der Waals surface area (Å²) < 4.78 is 0. The first-order valence-electron chi connectivity index (χ1n) is 7.50. The van der Waals surface area contributed by atoms with Gasteiger partial charge < -0.3 is 0 Å². The minimum atomic E-state index is -0.358. The topological polar surface area (TPSA) is 23.8 Å². The van der Waals surface area contributed by atoms with Gasteiger partial charge in [0.1, 0.15) is 0 Å². The van der Waals surface area contributed by atoms with E-state index in [4.69, 9.17) is 0 Å². The second-order valence-electron chi connectivity index (χ2n) is 5.70. The van der Waals surface area contributed by atoms with Crippen molar-refractivity contribution >= 4 is 0 Å². The summed E-state index contributed by atoms with van der Waals surface area (Å²) in [4.78, 5) is 0. The fourth-order valence-electron chi connectivity index (χ4n) is 3.77. The van der Waals surface area contributed by atoms with E-state index in [2.05, 4.69) is 78.9 Å². The minimum absolute atomic E-state index is 0.358. The SMILES string of the molecule is N#CCC1(c2ccccc2)c2ccccc2-c2ccccc21. The molecule has 4 rings (SSSR count). The fraction of sp³-hybridized carbons (Fsp3) is 0.0952. The van der Waals surface area contributed by atoms with Crippen LogP contribution in [0.2, 0.25) is 0 Å². The standard InChI is InChI=1S/C21H15N/c22-15-14-21(16-8-2-1-3-9-16)19-12-6-4-10-17(19)18-11-5-7-13-20(18)21/h1-13H,14H2. The number of fused-ring (bicyclic) bond motifs is 3. The van der Waals surface area contributed by atoms with Crippen LogP contribution in [0.4, 0.5) is 0 Å². The Kier molecular flexibility index (Phi) is 2.84. The van der Waals surface area contributed by atoms with Crippen LogP contribution in [-0.4, -0.2) is 0 Å². The molecule has 3 aromatic carbocycles. The van der Waals surface area contributed by atoms with E-state index < -0.39 is 0 Å². The van der Waals surface area contributed by atoms with Crippen molar-refractivity contribution in [2.75, 3.05) is 0 Å². The van der Waals surface area contributed by atoms with E-state index in [-0.39, 0.29) is 5.41 Å². The van der Waals surface area contributed by atoms with Gasteiger partial charge in [0.2, 0.25) is 0 Å². The van der Waals surface area contributed by atoms with E-state index in [0.717, 1.165) is 0 Å². The Hall–Kier alpha value is -2.85. The van der Waals surface area contributed by atoms with E-state index in [1.807, 2.05) is 6.07 Å². The van der Waals surface area contributed by atoms with Crippen molar-refractivity contribution in [1.82, 2.24) is 0 Å². The number of rotatable bonds is 2. The lowest BCUT2D eigenvalue weighted by Gasteiger charge is -2.30. The molecule has 22 heavy (non-hydrogen) atoms. The highest BCUT2D eigenvalue weighted by Crippen LogP contribution is 2.53. The first kappa shape index (κ1) is 12.9. The van der Waals surface area contributed by atoms with Gasteiger partial charge in [0, 0.05) is 0 Å². The van der Waals surface area contributed by atoms with Gasteiger partial charge in [0.15, 0.2) is 0 Å². The van der Waals surface area contributed by atoms with Crippen molar-refractivity contribution < 1.29 is 0 Å². The van der Waals surface area contributed by atoms with Crippen molar-refractivity contribution in [3.05, 3.63) is 95.6 Å². The van der Waals surface area contributed by atoms with Gasteiger partial charge in [-0.3, -0.25) is 0 Å². The molecule has 0 N–H and O–H groups in total. The Balaban J connectivity index is 2.13. The van der Waals surface area contributed by atoms with Gasteiger partial charge in [-0.05, 0) is 27.8 Å². The van der Waals surface area contributed by atoms with Crippen molar-refractivity contribution in [3.63, 3.8) is 0 Å². The van der Waals surface area contributed by atoms with Crippen molar-refractivity contribution in [2.24, 2.45) is 0 Å². The maximum atomic E-state index is 9.55. The van der Waals surface area contributed by atoms with Gasteiger partial charge >= 0.3 is 0 Å². The van der Waals surface area contributed by atoms with Gasteiger partial charge in [0.25, 0.3) is 0 Å². The zero-order valence-corrected chi connectivity index (χ0v) is 12.2. The van der Waals surface area contributed by atoms with Crippen LogP contribution in [0, 0.1) is 11.3 Å². The monoisotopic (exact) mass is 281 g/mol. The minimum Gasteiger partial charge on any atom is -0.198 e. The molecule has 0 saturated heterocycles. The molecule has 0 amide bonds. The van der Waals surface area contributed by atoms with Crippen molar-refractivity contribution in [3.8, 4) is 17.2 Å². The Morgan fingerprint density at radius 1 is 0.682 bits per heavy atom. The molecule has 0 aliphatic heterocycles. The Bertz CT molecular complexity index is 826. The van der Waals surface area contributed by atoms with Crippen LogP contribution >= 0.6 is 0 Å². The van der Waals surface area contributed by atoms with Gasteiger partial charge in [-0.1, -0.05) is 78.9 Å². The molecule has 3 aromatic rings. The van der Waals surface area contributed by atoms with Crippen LogP contribution in [-0.2, 0) is 5.41 Å². The molecule has 0 radical (unpaired) electrons.